The molecule has 1 heterocycles. The van der Waals surface area contributed by atoms with Gasteiger partial charge < -0.3 is 10.6 Å². The molecule has 0 bridgehead atoms. The van der Waals surface area contributed by atoms with E-state index >= 15 is 0 Å². The summed E-state index contributed by atoms with van der Waals surface area (Å²) in [6.45, 7) is 7.03. The number of nitrogens with zero attached hydrogens (tertiary/aromatic N) is 2. The van der Waals surface area contributed by atoms with Gasteiger partial charge in [0.15, 0.2) is 0 Å². The summed E-state index contributed by atoms with van der Waals surface area (Å²) in [6.07, 6.45) is 3.54. The lowest BCUT2D eigenvalue weighted by Crippen LogP contribution is -2.08. The molecule has 0 spiro atoms. The molecule has 0 aliphatic heterocycles. The van der Waals surface area contributed by atoms with Gasteiger partial charge in [0.1, 0.15) is 18.0 Å². The van der Waals surface area contributed by atoms with E-state index < -0.39 is 0 Å². The minimum atomic E-state index is 0.748. The summed E-state index contributed by atoms with van der Waals surface area (Å²) in [4.78, 5) is 8.71. The summed E-state index contributed by atoms with van der Waals surface area (Å²) in [5.41, 5.74) is 3.11. The first-order valence-electron chi connectivity index (χ1n) is 7.26. The zero-order valence-corrected chi connectivity index (χ0v) is 13.5. The molecule has 4 nitrogen and oxygen atoms in total. The van der Waals surface area contributed by atoms with Gasteiger partial charge in [-0.1, -0.05) is 31.0 Å². The van der Waals surface area contributed by atoms with Gasteiger partial charge in [0.05, 0.1) is 0 Å². The van der Waals surface area contributed by atoms with Crippen molar-refractivity contribution < 1.29 is 0 Å². The second kappa shape index (κ2) is 7.27. The highest BCUT2D eigenvalue weighted by molar-refractivity contribution is 6.31. The molecule has 0 atom stereocenters. The first-order chi connectivity index (χ1) is 10.2. The normalized spacial score (nSPS) is 10.5. The predicted octanol–water partition coefficient (Wildman–Crippen LogP) is 4.57. The van der Waals surface area contributed by atoms with Gasteiger partial charge in [0.25, 0.3) is 0 Å². The Hall–Kier alpha value is -1.81. The fourth-order valence-electron chi connectivity index (χ4n) is 2.13. The zero-order chi connectivity index (χ0) is 15.2. The van der Waals surface area contributed by atoms with Crippen LogP contribution < -0.4 is 10.6 Å². The minimum Gasteiger partial charge on any atom is -0.370 e. The van der Waals surface area contributed by atoms with E-state index in [0.717, 1.165) is 52.9 Å². The van der Waals surface area contributed by atoms with Crippen LogP contribution in [-0.2, 0) is 6.42 Å². The van der Waals surface area contributed by atoms with Gasteiger partial charge in [0.2, 0.25) is 0 Å². The Kier molecular flexibility index (Phi) is 5.39. The maximum Gasteiger partial charge on any atom is 0.139 e. The average molecular weight is 305 g/mol. The number of benzene rings is 1. The van der Waals surface area contributed by atoms with Crippen molar-refractivity contribution in [3.05, 3.63) is 40.7 Å². The number of aryl methyl sites for hydroxylation is 1. The number of nitrogens with one attached hydrogen (secondary N) is 2. The SMILES string of the molecule is CCCc1c(NCC)ncnc1Nc1ccc(C)c(Cl)c1. The van der Waals surface area contributed by atoms with Crippen LogP contribution in [-0.4, -0.2) is 16.5 Å². The van der Waals surface area contributed by atoms with E-state index in [1.165, 1.54) is 0 Å². The van der Waals surface area contributed by atoms with Gasteiger partial charge in [-0.05, 0) is 38.0 Å². The molecule has 21 heavy (non-hydrogen) atoms. The van der Waals surface area contributed by atoms with Gasteiger partial charge in [0, 0.05) is 22.8 Å². The van der Waals surface area contributed by atoms with Gasteiger partial charge in [-0.3, -0.25) is 0 Å². The van der Waals surface area contributed by atoms with Crippen LogP contribution in [0, 0.1) is 6.92 Å². The van der Waals surface area contributed by atoms with Crippen LogP contribution in [0.2, 0.25) is 5.02 Å². The third kappa shape index (κ3) is 3.85. The monoisotopic (exact) mass is 304 g/mol. The maximum atomic E-state index is 6.18. The summed E-state index contributed by atoms with van der Waals surface area (Å²) >= 11 is 6.18. The first kappa shape index (κ1) is 15.6. The van der Waals surface area contributed by atoms with E-state index in [1.807, 2.05) is 25.1 Å². The van der Waals surface area contributed by atoms with E-state index in [1.54, 1.807) is 6.33 Å². The number of rotatable bonds is 6. The van der Waals surface area contributed by atoms with Gasteiger partial charge in [-0.2, -0.15) is 0 Å². The Bertz CT molecular complexity index is 613. The average Bonchev–Trinajstić information content (AvgIpc) is 2.46. The van der Waals surface area contributed by atoms with Crippen molar-refractivity contribution in [2.75, 3.05) is 17.2 Å². The summed E-state index contributed by atoms with van der Waals surface area (Å²) in [6, 6.07) is 5.92. The topological polar surface area (TPSA) is 49.8 Å². The molecule has 112 valence electrons. The van der Waals surface area contributed by atoms with E-state index in [9.17, 15) is 0 Å². The molecule has 2 aromatic rings. The first-order valence-corrected chi connectivity index (χ1v) is 7.64. The van der Waals surface area contributed by atoms with E-state index in [4.69, 9.17) is 11.6 Å². The molecule has 0 saturated carbocycles. The summed E-state index contributed by atoms with van der Waals surface area (Å²) < 4.78 is 0. The Morgan fingerprint density at radius 2 is 1.90 bits per heavy atom. The molecule has 0 radical (unpaired) electrons. The lowest BCUT2D eigenvalue weighted by Gasteiger charge is -2.15. The second-order valence-corrected chi connectivity index (χ2v) is 5.33. The van der Waals surface area contributed by atoms with Crippen LogP contribution >= 0.6 is 11.6 Å². The molecule has 2 rings (SSSR count). The third-order valence-electron chi connectivity index (χ3n) is 3.22. The number of anilines is 3. The van der Waals surface area contributed by atoms with Gasteiger partial charge >= 0.3 is 0 Å². The third-order valence-corrected chi connectivity index (χ3v) is 3.63. The van der Waals surface area contributed by atoms with Crippen molar-refractivity contribution >= 4 is 28.9 Å². The molecule has 1 aromatic heterocycles. The van der Waals surface area contributed by atoms with Crippen LogP contribution in [0.15, 0.2) is 24.5 Å². The highest BCUT2D eigenvalue weighted by Gasteiger charge is 2.11. The number of aromatic nitrogens is 2. The largest absolute Gasteiger partial charge is 0.370 e. The van der Waals surface area contributed by atoms with Crippen molar-refractivity contribution in [1.29, 1.82) is 0 Å². The molecule has 2 N–H and O–H groups in total. The standard InChI is InChI=1S/C16H21ClN4/c1-4-6-13-15(18-5-2)19-10-20-16(13)21-12-8-7-11(3)14(17)9-12/h7-10H,4-6H2,1-3H3,(H2,18,19,20,21). The lowest BCUT2D eigenvalue weighted by molar-refractivity contribution is 0.902. The molecule has 0 saturated heterocycles. The van der Waals surface area contributed by atoms with Crippen LogP contribution in [0.4, 0.5) is 17.3 Å². The highest BCUT2D eigenvalue weighted by atomic mass is 35.5. The van der Waals surface area contributed by atoms with Crippen molar-refractivity contribution in [2.24, 2.45) is 0 Å². The maximum absolute atomic E-state index is 6.18. The molecule has 5 heteroatoms. The number of hydrogen-bond acceptors (Lipinski definition) is 4. The van der Waals surface area contributed by atoms with E-state index in [-0.39, 0.29) is 0 Å². The minimum absolute atomic E-state index is 0.748. The molecule has 0 amide bonds. The molecule has 1 aromatic carbocycles. The quantitative estimate of drug-likeness (QED) is 0.821. The van der Waals surface area contributed by atoms with Crippen LogP contribution in [0.3, 0.4) is 0 Å². The Balaban J connectivity index is 2.33. The number of hydrogen-bond donors (Lipinski definition) is 2. The Labute approximate surface area is 131 Å². The van der Waals surface area contributed by atoms with Crippen LogP contribution in [0.1, 0.15) is 31.4 Å². The molecule has 0 aliphatic rings. The highest BCUT2D eigenvalue weighted by Crippen LogP contribution is 2.27. The molecule has 0 fully saturated rings. The smallest absolute Gasteiger partial charge is 0.139 e. The summed E-state index contributed by atoms with van der Waals surface area (Å²) in [7, 11) is 0. The van der Waals surface area contributed by atoms with Crippen molar-refractivity contribution in [3.8, 4) is 0 Å². The molecular formula is C16H21ClN4. The molecular weight excluding hydrogens is 284 g/mol. The Morgan fingerprint density at radius 1 is 1.14 bits per heavy atom. The van der Waals surface area contributed by atoms with Crippen LogP contribution in [0.5, 0.6) is 0 Å². The van der Waals surface area contributed by atoms with E-state index in [2.05, 4.69) is 34.4 Å². The van der Waals surface area contributed by atoms with Crippen molar-refractivity contribution in [1.82, 2.24) is 9.97 Å². The lowest BCUT2D eigenvalue weighted by atomic mass is 10.1. The predicted molar refractivity (Wildman–Crippen MR) is 89.7 cm³/mol. The number of halogens is 1. The van der Waals surface area contributed by atoms with Crippen molar-refractivity contribution in [2.45, 2.75) is 33.6 Å². The zero-order valence-electron chi connectivity index (χ0n) is 12.7. The summed E-state index contributed by atoms with van der Waals surface area (Å²) in [5.74, 6) is 1.73. The van der Waals surface area contributed by atoms with Gasteiger partial charge in [-0.25, -0.2) is 9.97 Å². The fourth-order valence-corrected chi connectivity index (χ4v) is 2.31. The van der Waals surface area contributed by atoms with Crippen LogP contribution in [0.25, 0.3) is 0 Å². The van der Waals surface area contributed by atoms with E-state index in [0.29, 0.717) is 0 Å². The molecule has 0 unspecified atom stereocenters. The summed E-state index contributed by atoms with van der Waals surface area (Å²) in [5, 5.41) is 7.39. The fraction of sp³-hybridized carbons (Fsp3) is 0.375. The Morgan fingerprint density at radius 3 is 2.57 bits per heavy atom. The second-order valence-electron chi connectivity index (χ2n) is 4.92. The molecule has 0 aliphatic carbocycles. The van der Waals surface area contributed by atoms with Gasteiger partial charge in [-0.15, -0.1) is 0 Å². The van der Waals surface area contributed by atoms with Crippen molar-refractivity contribution in [3.63, 3.8) is 0 Å².